The van der Waals surface area contributed by atoms with Gasteiger partial charge in [0.2, 0.25) is 11.8 Å². The van der Waals surface area contributed by atoms with E-state index in [1.54, 1.807) is 97.1 Å². The molecule has 0 radical (unpaired) electrons. The number of nitrogens with zero attached hydrogens (tertiary/aromatic N) is 4. The minimum Gasteiger partial charge on any atom is -0.457 e. The van der Waals surface area contributed by atoms with Crippen molar-refractivity contribution in [2.45, 2.75) is 141 Å². The molecule has 0 aromatic heterocycles. The van der Waals surface area contributed by atoms with E-state index in [-0.39, 0.29) is 114 Å². The maximum atomic E-state index is 16.5. The second kappa shape index (κ2) is 33.3. The lowest BCUT2D eigenvalue weighted by atomic mass is 9.80. The zero-order valence-electron chi connectivity index (χ0n) is 65.3. The van der Waals surface area contributed by atoms with Crippen molar-refractivity contribution < 1.29 is 110 Å². The molecule has 9 aromatic carbocycles. The van der Waals surface area contributed by atoms with Crippen molar-refractivity contribution in [1.82, 2.24) is 19.6 Å². The van der Waals surface area contributed by atoms with Gasteiger partial charge in [0.1, 0.15) is 71.5 Å². The second-order valence-electron chi connectivity index (χ2n) is 29.8. The molecule has 6 amide bonds. The average molecular weight is 1610 g/mol. The fourth-order valence-corrected chi connectivity index (χ4v) is 21.1. The topological polar surface area (TPSA) is 226 Å². The maximum absolute atomic E-state index is 16.5. The third-order valence-corrected chi connectivity index (χ3v) is 28.3. The van der Waals surface area contributed by atoms with Crippen molar-refractivity contribution in [3.05, 3.63) is 166 Å². The summed E-state index contributed by atoms with van der Waals surface area (Å²) in [5, 5.41) is -0.535. The van der Waals surface area contributed by atoms with Gasteiger partial charge in [-0.2, -0.15) is 26.3 Å². The summed E-state index contributed by atoms with van der Waals surface area (Å²) in [6.07, 6.45) is -11.1. The SMILES string of the molecule is COCN(C(=O)C(CC(F)(F)F)N1C(=O)c2cc(Oc3ccc(C)cc3)c3c4c(Oc5ccc(C)cc5)cc5c6c(cc(Oc7ccc(C)cc7)c(c7c(Oc8ccc(C)cc8)cc(c2c37)C1=O)c64)C(=O)N(C(CC(F)(F)F)C(=O)N(COC)C1CCCC(C[Si](OC)(OC)OC)C1)C5=O)C1CCCC(C[Si](OC)(OC)OC)C1. The molecule has 13 rings (SSSR count). The molecular weight excluding hydrogens is 1520 g/mol. The highest BCUT2D eigenvalue weighted by Crippen LogP contribution is 2.59. The summed E-state index contributed by atoms with van der Waals surface area (Å²) >= 11 is 0. The lowest BCUT2D eigenvalue weighted by molar-refractivity contribution is -0.164. The number of rotatable bonds is 30. The van der Waals surface area contributed by atoms with Gasteiger partial charge < -0.3 is 64.8 Å². The highest BCUT2D eigenvalue weighted by Gasteiger charge is 2.54. The summed E-state index contributed by atoms with van der Waals surface area (Å²) in [5.41, 5.74) is 1.43. The standard InChI is InChI=1S/C84H90F6N4O18Si2/c1-47-19-27-55(28-20-47)109-65-37-59-69-60(78(96)93(77(59)95)63(41-83(85,86)87)81(99)91(45-101-5)53-17-13-15-51(35-53)43-113(103-7,104-8)105-9)39-67(111-57-31-23-49(3)24-32-57)73-74-68(112-58-33-25-50(4)26-34-58)40-62-70-61(38-66(72(76(70)74)71(65)75(69)73)110-56-29-21-48(2)22-30-56)79(97)94(80(62)98)64(42-84(88,89)90)82(100)92(46-102-6)54-18-14-16-52(36-54)44-114(106-10,107-11)108-12/h19-34,37-40,51-54,63-64H,13-18,35-36,41-46H2,1-12H3. The van der Waals surface area contributed by atoms with Gasteiger partial charge in [-0.05, 0) is 138 Å². The van der Waals surface area contributed by atoms with Crippen LogP contribution < -0.4 is 18.9 Å². The van der Waals surface area contributed by atoms with E-state index in [0.717, 1.165) is 32.1 Å². The summed E-state index contributed by atoms with van der Waals surface area (Å²) < 4.78 is 169. The summed E-state index contributed by atoms with van der Waals surface area (Å²) in [6, 6.07) is 25.6. The fraction of sp³-hybridized carbons (Fsp3) is 0.405. The summed E-state index contributed by atoms with van der Waals surface area (Å²) in [4.78, 5) is 100. The van der Waals surface area contributed by atoms with E-state index in [4.69, 9.17) is 55.0 Å². The monoisotopic (exact) mass is 1610 g/mol. The van der Waals surface area contributed by atoms with E-state index in [0.29, 0.717) is 60.4 Å². The van der Waals surface area contributed by atoms with Crippen molar-refractivity contribution in [3.8, 4) is 46.0 Å². The number of carbonyl (C=O) groups excluding carboxylic acids is 6. The van der Waals surface area contributed by atoms with Crippen LogP contribution in [0.1, 0.15) is 128 Å². The van der Waals surface area contributed by atoms with E-state index in [1.165, 1.54) is 81.1 Å². The Balaban J connectivity index is 1.11. The molecule has 2 aliphatic carbocycles. The van der Waals surface area contributed by atoms with E-state index in [9.17, 15) is 0 Å². The number of fused-ring (bicyclic) bond motifs is 2. The Bertz CT molecular complexity index is 4570. The van der Waals surface area contributed by atoms with Gasteiger partial charge in [0.15, 0.2) is 0 Å². The highest BCUT2D eigenvalue weighted by atomic mass is 28.4. The van der Waals surface area contributed by atoms with Crippen LogP contribution in [0.15, 0.2) is 121 Å². The number of carbonyl (C=O) groups is 6. The van der Waals surface area contributed by atoms with Gasteiger partial charge >= 0.3 is 30.0 Å². The van der Waals surface area contributed by atoms with Crippen LogP contribution in [0.4, 0.5) is 26.3 Å². The van der Waals surface area contributed by atoms with Crippen LogP contribution in [-0.2, 0) is 45.6 Å². The summed E-state index contributed by atoms with van der Waals surface area (Å²) in [5.74, 6) is -8.77. The quantitative estimate of drug-likeness (QED) is 0.0102. The molecule has 0 bridgehead atoms. The van der Waals surface area contributed by atoms with Crippen LogP contribution in [-0.4, -0.2) is 180 Å². The zero-order valence-corrected chi connectivity index (χ0v) is 67.3. The molecule has 2 aliphatic heterocycles. The minimum atomic E-state index is -5.21. The van der Waals surface area contributed by atoms with Crippen molar-refractivity contribution in [2.75, 3.05) is 70.3 Å². The van der Waals surface area contributed by atoms with Crippen molar-refractivity contribution >= 4 is 96.1 Å². The molecule has 22 nitrogen and oxygen atoms in total. The molecule has 2 heterocycles. The third-order valence-electron chi connectivity index (χ3n) is 22.4. The normalized spacial score (nSPS) is 18.2. The number of alkyl halides is 6. The van der Waals surface area contributed by atoms with E-state index in [1.807, 2.05) is 27.7 Å². The second-order valence-corrected chi connectivity index (χ2v) is 35.8. The molecule has 6 atom stereocenters. The lowest BCUT2D eigenvalue weighted by Crippen LogP contribution is -2.58. The lowest BCUT2D eigenvalue weighted by Gasteiger charge is -2.42. The van der Waals surface area contributed by atoms with Gasteiger partial charge in [0.25, 0.3) is 23.6 Å². The highest BCUT2D eigenvalue weighted by molar-refractivity contribution is 6.61. The Morgan fingerprint density at radius 1 is 0.395 bits per heavy atom. The molecule has 9 aromatic rings. The largest absolute Gasteiger partial charge is 0.500 e. The van der Waals surface area contributed by atoms with E-state index < -0.39 is 138 Å². The molecule has 604 valence electrons. The molecular formula is C84H90F6N4O18Si2. The number of aryl methyl sites for hydroxylation is 4. The zero-order chi connectivity index (χ0) is 81.6. The number of hydrogen-bond acceptors (Lipinski definition) is 18. The van der Waals surface area contributed by atoms with Crippen LogP contribution in [0, 0.1) is 39.5 Å². The van der Waals surface area contributed by atoms with Gasteiger partial charge in [-0.25, -0.2) is 0 Å². The molecule has 2 saturated carbocycles. The number of methoxy groups -OCH3 is 2. The molecule has 30 heteroatoms. The third kappa shape index (κ3) is 16.3. The Morgan fingerprint density at radius 2 is 0.649 bits per heavy atom. The van der Waals surface area contributed by atoms with E-state index >= 15 is 55.1 Å². The summed E-state index contributed by atoms with van der Waals surface area (Å²) in [6.45, 7) is 6.21. The molecule has 0 N–H and O–H groups in total. The van der Waals surface area contributed by atoms with Crippen LogP contribution in [0.5, 0.6) is 46.0 Å². The molecule has 114 heavy (non-hydrogen) atoms. The fourth-order valence-electron chi connectivity index (χ4n) is 16.9. The number of benzene rings is 9. The van der Waals surface area contributed by atoms with Gasteiger partial charge in [-0.15, -0.1) is 0 Å². The first-order valence-corrected chi connectivity index (χ1v) is 41.4. The van der Waals surface area contributed by atoms with Crippen molar-refractivity contribution in [2.24, 2.45) is 11.8 Å². The number of hydrogen-bond donors (Lipinski definition) is 0. The van der Waals surface area contributed by atoms with Crippen LogP contribution in [0.2, 0.25) is 12.1 Å². The van der Waals surface area contributed by atoms with Crippen LogP contribution >= 0.6 is 0 Å². The Labute approximate surface area is 657 Å². The number of amides is 6. The number of ether oxygens (including phenoxy) is 6. The summed E-state index contributed by atoms with van der Waals surface area (Å²) in [7, 11) is 4.76. The minimum absolute atomic E-state index is 0.0213. The molecule has 0 saturated heterocycles. The van der Waals surface area contributed by atoms with Crippen molar-refractivity contribution in [1.29, 1.82) is 0 Å². The van der Waals surface area contributed by atoms with Crippen LogP contribution in [0.3, 0.4) is 0 Å². The van der Waals surface area contributed by atoms with E-state index in [2.05, 4.69) is 0 Å². The van der Waals surface area contributed by atoms with Gasteiger partial charge in [0.05, 0.1) is 35.1 Å². The number of imide groups is 2. The van der Waals surface area contributed by atoms with Gasteiger partial charge in [-0.3, -0.25) is 38.6 Å². The Morgan fingerprint density at radius 3 is 0.877 bits per heavy atom. The predicted molar refractivity (Wildman–Crippen MR) is 415 cm³/mol. The molecule has 4 aliphatic rings. The predicted octanol–water partition coefficient (Wildman–Crippen LogP) is 17.7. The smallest absolute Gasteiger partial charge is 0.457 e. The van der Waals surface area contributed by atoms with Crippen molar-refractivity contribution in [3.63, 3.8) is 0 Å². The first kappa shape index (κ1) is 82.4. The molecule has 0 spiro atoms. The first-order valence-electron chi connectivity index (χ1n) is 37.6. The van der Waals surface area contributed by atoms with Gasteiger partial charge in [0, 0.05) is 124 Å². The van der Waals surface area contributed by atoms with Crippen LogP contribution in [0.25, 0.3) is 43.1 Å². The average Bonchev–Trinajstić information content (AvgIpc) is 0.670. The van der Waals surface area contributed by atoms with Gasteiger partial charge in [-0.1, -0.05) is 96.5 Å². The molecule has 6 unspecified atom stereocenters. The Kier molecular flexibility index (Phi) is 24.1. The molecule has 2 fully saturated rings. The first-order chi connectivity index (χ1) is 54.4. The number of halogens is 6. The maximum Gasteiger partial charge on any atom is 0.500 e. The Hall–Kier alpha value is -9.61.